The van der Waals surface area contributed by atoms with Gasteiger partial charge in [0.15, 0.2) is 0 Å². The summed E-state index contributed by atoms with van der Waals surface area (Å²) in [5.41, 5.74) is 4.57. The third kappa shape index (κ3) is 4.50. The number of nitrogens with zero attached hydrogens (tertiary/aromatic N) is 2. The number of benzene rings is 2. The number of aromatic nitrogens is 2. The van der Waals surface area contributed by atoms with E-state index in [9.17, 15) is 15.0 Å². The average Bonchev–Trinajstić information content (AvgIpc) is 3.09. The van der Waals surface area contributed by atoms with E-state index in [2.05, 4.69) is 27.4 Å². The number of rotatable bonds is 6. The maximum absolute atomic E-state index is 12.2. The Morgan fingerprint density at radius 3 is 2.29 bits per heavy atom. The number of aliphatic hydroxyl groups is 2. The fourth-order valence-electron chi connectivity index (χ4n) is 3.71. The molecule has 2 atom stereocenters. The number of alkyl carbamates (subject to hydrolysis) is 1. The number of halogens is 2. The van der Waals surface area contributed by atoms with Crippen molar-refractivity contribution in [1.29, 1.82) is 0 Å². The summed E-state index contributed by atoms with van der Waals surface area (Å²) in [6, 6.07) is 16.0. The molecule has 0 bridgehead atoms. The van der Waals surface area contributed by atoms with Crippen LogP contribution in [0, 0.1) is 0 Å². The minimum atomic E-state index is -1.40. The minimum absolute atomic E-state index is 0.0707. The summed E-state index contributed by atoms with van der Waals surface area (Å²) in [6.07, 6.45) is -2.23. The second kappa shape index (κ2) is 9.20. The number of amides is 1. The van der Waals surface area contributed by atoms with Gasteiger partial charge in [0.05, 0.1) is 0 Å². The van der Waals surface area contributed by atoms with Crippen LogP contribution in [0.1, 0.15) is 28.7 Å². The van der Waals surface area contributed by atoms with Crippen LogP contribution in [0.2, 0.25) is 10.4 Å². The number of hydrogen-bond donors (Lipinski definition) is 3. The Bertz CT molecular complexity index is 1070. The normalized spacial score (nSPS) is 14.5. The first-order valence-corrected chi connectivity index (χ1v) is 10.3. The van der Waals surface area contributed by atoms with Crippen molar-refractivity contribution in [1.82, 2.24) is 15.3 Å². The summed E-state index contributed by atoms with van der Waals surface area (Å²) in [5, 5.41) is 22.7. The highest BCUT2D eigenvalue weighted by Crippen LogP contribution is 2.44. The number of aliphatic hydroxyl groups excluding tert-OH is 2. The summed E-state index contributed by atoms with van der Waals surface area (Å²) >= 11 is 11.5. The lowest BCUT2D eigenvalue weighted by atomic mass is 9.98. The van der Waals surface area contributed by atoms with Crippen LogP contribution in [0.3, 0.4) is 0 Å². The monoisotopic (exact) mass is 459 g/mol. The molecule has 0 saturated carbocycles. The van der Waals surface area contributed by atoms with E-state index in [0.29, 0.717) is 0 Å². The number of fused-ring (bicyclic) bond motifs is 3. The molecule has 0 spiro atoms. The highest BCUT2D eigenvalue weighted by atomic mass is 35.5. The first-order valence-electron chi connectivity index (χ1n) is 9.58. The Morgan fingerprint density at radius 2 is 1.68 bits per heavy atom. The molecule has 1 aliphatic rings. The Kier molecular flexibility index (Phi) is 6.38. The zero-order valence-corrected chi connectivity index (χ0v) is 17.7. The smallest absolute Gasteiger partial charge is 0.407 e. The second-order valence-electron chi connectivity index (χ2n) is 7.10. The maximum Gasteiger partial charge on any atom is 0.407 e. The van der Waals surface area contributed by atoms with Gasteiger partial charge in [0.1, 0.15) is 24.0 Å². The molecule has 1 aliphatic carbocycles. The van der Waals surface area contributed by atoms with Gasteiger partial charge in [0.25, 0.3) is 0 Å². The molecular weight excluding hydrogens is 441 g/mol. The van der Waals surface area contributed by atoms with Crippen molar-refractivity contribution in [2.75, 3.05) is 13.2 Å². The molecule has 4 rings (SSSR count). The number of hydrogen-bond acceptors (Lipinski definition) is 6. The van der Waals surface area contributed by atoms with E-state index in [0.717, 1.165) is 22.3 Å². The Labute approximate surface area is 188 Å². The summed E-state index contributed by atoms with van der Waals surface area (Å²) in [7, 11) is 0. The van der Waals surface area contributed by atoms with Crippen molar-refractivity contribution >= 4 is 29.3 Å². The van der Waals surface area contributed by atoms with Crippen LogP contribution >= 0.6 is 23.2 Å². The Balaban J connectivity index is 1.35. The van der Waals surface area contributed by atoms with Crippen molar-refractivity contribution in [3.05, 3.63) is 81.9 Å². The first-order chi connectivity index (χ1) is 15.0. The Morgan fingerprint density at radius 1 is 1.06 bits per heavy atom. The van der Waals surface area contributed by atoms with E-state index in [1.807, 2.05) is 36.4 Å². The number of nitrogens with one attached hydrogen (secondary N) is 1. The van der Waals surface area contributed by atoms with Gasteiger partial charge in [-0.2, -0.15) is 0 Å². The molecule has 2 aromatic carbocycles. The predicted octanol–water partition coefficient (Wildman–Crippen LogP) is 3.72. The van der Waals surface area contributed by atoms with E-state index in [-0.39, 0.29) is 35.1 Å². The largest absolute Gasteiger partial charge is 0.449 e. The molecule has 0 radical (unpaired) electrons. The first kappa shape index (κ1) is 21.5. The van der Waals surface area contributed by atoms with Gasteiger partial charge in [-0.25, -0.2) is 14.8 Å². The molecule has 3 aromatic rings. The standard InChI is InChI=1S/C22H19Cl2N3O4/c23-20-16(9-25-21(24)27-20)19(29)18(28)10-26-22(30)31-11-17-14-7-3-1-5-12(14)13-6-2-4-8-15(13)17/h1-9,17-19,28-29H,10-11H2,(H,26,30). The zero-order valence-electron chi connectivity index (χ0n) is 16.2. The fourth-order valence-corrected chi connectivity index (χ4v) is 4.12. The van der Waals surface area contributed by atoms with Gasteiger partial charge >= 0.3 is 6.09 Å². The quantitative estimate of drug-likeness (QED) is 0.383. The molecule has 3 N–H and O–H groups in total. The molecular formula is C22H19Cl2N3O4. The third-order valence-corrected chi connectivity index (χ3v) is 5.71. The third-order valence-electron chi connectivity index (χ3n) is 5.22. The molecule has 2 unspecified atom stereocenters. The number of ether oxygens (including phenoxy) is 1. The molecule has 1 aromatic heterocycles. The molecule has 160 valence electrons. The zero-order chi connectivity index (χ0) is 22.0. The molecule has 0 aliphatic heterocycles. The van der Waals surface area contributed by atoms with Crippen molar-refractivity contribution in [2.45, 2.75) is 18.1 Å². The molecule has 1 amide bonds. The summed E-state index contributed by atoms with van der Waals surface area (Å²) in [6.45, 7) is -0.105. The van der Waals surface area contributed by atoms with Crippen LogP contribution in [0.25, 0.3) is 11.1 Å². The van der Waals surface area contributed by atoms with Gasteiger partial charge in [-0.05, 0) is 33.9 Å². The van der Waals surface area contributed by atoms with Crippen LogP contribution in [0.15, 0.2) is 54.7 Å². The number of carbonyl (C=O) groups is 1. The highest BCUT2D eigenvalue weighted by Gasteiger charge is 2.29. The van der Waals surface area contributed by atoms with Crippen LogP contribution in [0.4, 0.5) is 4.79 Å². The van der Waals surface area contributed by atoms with E-state index >= 15 is 0 Å². The van der Waals surface area contributed by atoms with E-state index < -0.39 is 18.3 Å². The van der Waals surface area contributed by atoms with E-state index in [4.69, 9.17) is 27.9 Å². The van der Waals surface area contributed by atoms with Crippen LogP contribution in [-0.4, -0.2) is 45.5 Å². The van der Waals surface area contributed by atoms with Crippen LogP contribution < -0.4 is 5.32 Å². The lowest BCUT2D eigenvalue weighted by Gasteiger charge is -2.19. The molecule has 0 saturated heterocycles. The van der Waals surface area contributed by atoms with Crippen molar-refractivity contribution in [3.8, 4) is 11.1 Å². The van der Waals surface area contributed by atoms with Crippen LogP contribution in [0.5, 0.6) is 0 Å². The molecule has 9 heteroatoms. The maximum atomic E-state index is 12.2. The van der Waals surface area contributed by atoms with Crippen molar-refractivity contribution in [2.24, 2.45) is 0 Å². The van der Waals surface area contributed by atoms with E-state index in [1.165, 1.54) is 6.20 Å². The topological polar surface area (TPSA) is 105 Å². The van der Waals surface area contributed by atoms with Gasteiger partial charge in [-0.1, -0.05) is 60.1 Å². The fraction of sp³-hybridized carbons (Fsp3) is 0.227. The lowest BCUT2D eigenvalue weighted by molar-refractivity contribution is 0.0182. The van der Waals surface area contributed by atoms with Gasteiger partial charge in [-0.15, -0.1) is 0 Å². The Hall–Kier alpha value is -2.71. The lowest BCUT2D eigenvalue weighted by Crippen LogP contribution is -2.36. The van der Waals surface area contributed by atoms with Gasteiger partial charge in [0.2, 0.25) is 5.28 Å². The van der Waals surface area contributed by atoms with Gasteiger partial charge < -0.3 is 20.3 Å². The average molecular weight is 460 g/mol. The predicted molar refractivity (Wildman–Crippen MR) is 116 cm³/mol. The molecule has 31 heavy (non-hydrogen) atoms. The van der Waals surface area contributed by atoms with Crippen LogP contribution in [-0.2, 0) is 4.74 Å². The molecule has 7 nitrogen and oxygen atoms in total. The summed E-state index contributed by atoms with van der Waals surface area (Å²) < 4.78 is 5.40. The summed E-state index contributed by atoms with van der Waals surface area (Å²) in [4.78, 5) is 19.7. The highest BCUT2D eigenvalue weighted by molar-refractivity contribution is 6.32. The van der Waals surface area contributed by atoms with Crippen molar-refractivity contribution < 1.29 is 19.7 Å². The SMILES string of the molecule is O=C(NCC(O)C(O)c1cnc(Cl)nc1Cl)OCC1c2ccccc2-c2ccccc21. The van der Waals surface area contributed by atoms with Gasteiger partial charge in [-0.3, -0.25) is 0 Å². The number of carbonyl (C=O) groups excluding carboxylic acids is 1. The summed E-state index contributed by atoms with van der Waals surface area (Å²) in [5.74, 6) is -0.0707. The van der Waals surface area contributed by atoms with E-state index in [1.54, 1.807) is 0 Å². The molecule has 0 fully saturated rings. The second-order valence-corrected chi connectivity index (χ2v) is 7.80. The van der Waals surface area contributed by atoms with Gasteiger partial charge in [0, 0.05) is 24.2 Å². The molecule has 1 heterocycles. The van der Waals surface area contributed by atoms with Crippen molar-refractivity contribution in [3.63, 3.8) is 0 Å². The minimum Gasteiger partial charge on any atom is -0.449 e.